The van der Waals surface area contributed by atoms with Gasteiger partial charge in [-0.2, -0.15) is 0 Å². The first kappa shape index (κ1) is 18.0. The Kier molecular flexibility index (Phi) is 5.82. The predicted molar refractivity (Wildman–Crippen MR) is 101 cm³/mol. The van der Waals surface area contributed by atoms with Crippen LogP contribution >= 0.6 is 22.9 Å². The number of aryl methyl sites for hydroxylation is 1. The topological polar surface area (TPSA) is 74.2 Å². The number of hydrogen-bond acceptors (Lipinski definition) is 8. The Morgan fingerprint density at radius 2 is 2.08 bits per heavy atom. The van der Waals surface area contributed by atoms with E-state index in [0.29, 0.717) is 27.5 Å². The number of halogens is 1. The lowest BCUT2D eigenvalue weighted by Crippen LogP contribution is -2.47. The molecule has 7 nitrogen and oxygen atoms in total. The van der Waals surface area contributed by atoms with Crippen LogP contribution in [0.3, 0.4) is 0 Å². The first-order valence-electron chi connectivity index (χ1n) is 8.20. The van der Waals surface area contributed by atoms with Crippen molar-refractivity contribution in [2.75, 3.05) is 42.9 Å². The molecular weight excluding hydrogens is 360 g/mol. The maximum atomic E-state index is 11.1. The molecule has 1 N–H and O–H groups in total. The summed E-state index contributed by atoms with van der Waals surface area (Å²) in [5.41, 5.74) is 0. The number of nitrogens with zero attached hydrogens (tertiary/aromatic N) is 5. The zero-order chi connectivity index (χ0) is 17.8. The van der Waals surface area contributed by atoms with Crippen LogP contribution in [-0.4, -0.2) is 58.4 Å². The van der Waals surface area contributed by atoms with Crippen molar-refractivity contribution in [1.82, 2.24) is 19.9 Å². The highest BCUT2D eigenvalue weighted by molar-refractivity contribution is 7.19. The van der Waals surface area contributed by atoms with E-state index in [-0.39, 0.29) is 5.78 Å². The lowest BCUT2D eigenvalue weighted by molar-refractivity contribution is -0.117. The van der Waals surface area contributed by atoms with Gasteiger partial charge in [0, 0.05) is 45.2 Å². The monoisotopic (exact) mass is 380 g/mol. The number of ketones is 1. The fourth-order valence-electron chi connectivity index (χ4n) is 2.72. The van der Waals surface area contributed by atoms with E-state index in [1.807, 2.05) is 13.0 Å². The molecule has 0 atom stereocenters. The molecule has 2 aromatic rings. The van der Waals surface area contributed by atoms with E-state index in [1.54, 1.807) is 13.1 Å². The molecule has 0 unspecified atom stereocenters. The van der Waals surface area contributed by atoms with E-state index >= 15 is 0 Å². The molecule has 0 radical (unpaired) electrons. The first-order valence-corrected chi connectivity index (χ1v) is 9.40. The van der Waals surface area contributed by atoms with E-state index in [9.17, 15) is 4.79 Å². The molecule has 0 saturated carbocycles. The molecule has 0 aromatic carbocycles. The average molecular weight is 381 g/mol. The summed E-state index contributed by atoms with van der Waals surface area (Å²) in [5.74, 6) is 2.57. The summed E-state index contributed by atoms with van der Waals surface area (Å²) >= 11 is 7.29. The number of anilines is 3. The van der Waals surface area contributed by atoms with Gasteiger partial charge in [0.1, 0.15) is 27.6 Å². The summed E-state index contributed by atoms with van der Waals surface area (Å²) in [6.07, 6.45) is 2.24. The van der Waals surface area contributed by atoms with Crippen molar-refractivity contribution in [3.05, 3.63) is 22.4 Å². The van der Waals surface area contributed by atoms with Gasteiger partial charge in [0.05, 0.1) is 6.20 Å². The molecule has 1 fully saturated rings. The van der Waals surface area contributed by atoms with Crippen LogP contribution in [0, 0.1) is 6.92 Å². The van der Waals surface area contributed by atoms with E-state index in [4.69, 9.17) is 11.6 Å². The summed E-state index contributed by atoms with van der Waals surface area (Å²) < 4.78 is 0.634. The van der Waals surface area contributed by atoms with Crippen molar-refractivity contribution in [1.29, 1.82) is 0 Å². The number of nitrogens with one attached hydrogen (secondary N) is 1. The lowest BCUT2D eigenvalue weighted by Gasteiger charge is -2.35. The highest BCUT2D eigenvalue weighted by Gasteiger charge is 2.19. The molecule has 3 heterocycles. The van der Waals surface area contributed by atoms with Gasteiger partial charge in [0.2, 0.25) is 0 Å². The second-order valence-corrected chi connectivity index (χ2v) is 7.70. The Bertz CT molecular complexity index is 744. The summed E-state index contributed by atoms with van der Waals surface area (Å²) in [7, 11) is 0. The quantitative estimate of drug-likeness (QED) is 0.825. The van der Waals surface area contributed by atoms with Gasteiger partial charge in [-0.25, -0.2) is 15.0 Å². The van der Waals surface area contributed by atoms with E-state index in [2.05, 4.69) is 30.1 Å². The number of rotatable bonds is 6. The minimum atomic E-state index is 0.242. The fraction of sp³-hybridized carbons (Fsp3) is 0.500. The van der Waals surface area contributed by atoms with Crippen molar-refractivity contribution >= 4 is 45.5 Å². The smallest absolute Gasteiger partial charge is 0.189 e. The summed E-state index contributed by atoms with van der Waals surface area (Å²) in [6, 6.07) is 1.94. The van der Waals surface area contributed by atoms with Gasteiger partial charge in [-0.05, 0) is 13.8 Å². The van der Waals surface area contributed by atoms with E-state index in [1.165, 1.54) is 11.3 Å². The Balaban J connectivity index is 1.63. The van der Waals surface area contributed by atoms with Crippen molar-refractivity contribution in [2.45, 2.75) is 20.3 Å². The molecule has 0 spiro atoms. The Morgan fingerprint density at radius 1 is 1.32 bits per heavy atom. The molecule has 0 bridgehead atoms. The Morgan fingerprint density at radius 3 is 2.72 bits per heavy atom. The summed E-state index contributed by atoms with van der Waals surface area (Å²) in [4.78, 5) is 28.9. The maximum absolute atomic E-state index is 11.1. The molecule has 0 aliphatic carbocycles. The average Bonchev–Trinajstić information content (AvgIpc) is 2.97. The summed E-state index contributed by atoms with van der Waals surface area (Å²) in [6.45, 7) is 8.00. The van der Waals surface area contributed by atoms with Crippen LogP contribution in [0.4, 0.5) is 16.8 Å². The molecule has 3 rings (SSSR count). The van der Waals surface area contributed by atoms with Gasteiger partial charge in [0.25, 0.3) is 0 Å². The molecule has 0 amide bonds. The minimum Gasteiger partial charge on any atom is -0.354 e. The number of hydrogen-bond donors (Lipinski definition) is 1. The van der Waals surface area contributed by atoms with Crippen molar-refractivity contribution in [2.24, 2.45) is 0 Å². The van der Waals surface area contributed by atoms with Crippen LogP contribution < -0.4 is 10.2 Å². The normalized spacial score (nSPS) is 15.4. The molecular formula is C16H21ClN6OS. The lowest BCUT2D eigenvalue weighted by atomic mass is 10.2. The highest BCUT2D eigenvalue weighted by Crippen LogP contribution is 2.26. The Hall–Kier alpha value is -1.77. The van der Waals surface area contributed by atoms with Gasteiger partial charge in [-0.1, -0.05) is 22.9 Å². The number of thiazole rings is 1. The van der Waals surface area contributed by atoms with Crippen molar-refractivity contribution in [3.8, 4) is 0 Å². The van der Waals surface area contributed by atoms with Crippen LogP contribution in [-0.2, 0) is 4.79 Å². The first-order chi connectivity index (χ1) is 12.0. The predicted octanol–water partition coefficient (Wildman–Crippen LogP) is 2.74. The standard InChI is InChI=1S/C16H21ClN6OS/c1-11(24)3-4-22-5-7-23(8-6-22)15-9-14(19-12(2)20-15)21-16-18-10-13(17)25-16/h9-10H,3-8H2,1-2H3,(H,18,19,20,21). The Labute approximate surface area is 156 Å². The van der Waals surface area contributed by atoms with Crippen LogP contribution in [0.25, 0.3) is 0 Å². The third-order valence-electron chi connectivity index (χ3n) is 4.01. The van der Waals surface area contributed by atoms with Crippen LogP contribution in [0.15, 0.2) is 12.3 Å². The SMILES string of the molecule is CC(=O)CCN1CCN(c2cc(Nc3ncc(Cl)s3)nc(C)n2)CC1. The number of aromatic nitrogens is 3. The molecule has 1 saturated heterocycles. The van der Waals surface area contributed by atoms with Crippen molar-refractivity contribution < 1.29 is 4.79 Å². The largest absolute Gasteiger partial charge is 0.354 e. The summed E-state index contributed by atoms with van der Waals surface area (Å²) in [5, 5.41) is 3.90. The van der Waals surface area contributed by atoms with Crippen molar-refractivity contribution in [3.63, 3.8) is 0 Å². The molecule has 134 valence electrons. The zero-order valence-electron chi connectivity index (χ0n) is 14.3. The number of carbonyl (C=O) groups excluding carboxylic acids is 1. The molecule has 9 heteroatoms. The van der Waals surface area contributed by atoms with Gasteiger partial charge < -0.3 is 10.2 Å². The van der Waals surface area contributed by atoms with Crippen LogP contribution in [0.5, 0.6) is 0 Å². The van der Waals surface area contributed by atoms with Gasteiger partial charge in [0.15, 0.2) is 5.13 Å². The molecule has 2 aromatic heterocycles. The molecule has 1 aliphatic rings. The van der Waals surface area contributed by atoms with E-state index < -0.39 is 0 Å². The van der Waals surface area contributed by atoms with Gasteiger partial charge in [-0.3, -0.25) is 9.69 Å². The molecule has 25 heavy (non-hydrogen) atoms. The van der Waals surface area contributed by atoms with Crippen LogP contribution in [0.1, 0.15) is 19.2 Å². The number of piperazine rings is 1. The zero-order valence-corrected chi connectivity index (χ0v) is 15.9. The van der Waals surface area contributed by atoms with Gasteiger partial charge >= 0.3 is 0 Å². The second kappa shape index (κ2) is 8.07. The molecule has 1 aliphatic heterocycles. The highest BCUT2D eigenvalue weighted by atomic mass is 35.5. The number of carbonyl (C=O) groups is 1. The fourth-order valence-corrected chi connectivity index (χ4v) is 3.54. The minimum absolute atomic E-state index is 0.242. The maximum Gasteiger partial charge on any atom is 0.189 e. The third kappa shape index (κ3) is 5.10. The van der Waals surface area contributed by atoms with Gasteiger partial charge in [-0.15, -0.1) is 0 Å². The number of Topliss-reactive ketones (excluding diaryl/α,β-unsaturated/α-hetero) is 1. The second-order valence-electron chi connectivity index (χ2n) is 6.03. The van der Waals surface area contributed by atoms with E-state index in [0.717, 1.165) is 38.5 Å². The van der Waals surface area contributed by atoms with Crippen LogP contribution in [0.2, 0.25) is 4.34 Å². The third-order valence-corrected chi connectivity index (χ3v) is 5.04.